The molecule has 168 valence electrons. The van der Waals surface area contributed by atoms with E-state index in [1.807, 2.05) is 20.8 Å². The van der Waals surface area contributed by atoms with Crippen molar-refractivity contribution >= 4 is 26.9 Å². The fourth-order valence-electron chi connectivity index (χ4n) is 2.50. The molecule has 12 heteroatoms. The van der Waals surface area contributed by atoms with Crippen molar-refractivity contribution in [1.29, 1.82) is 0 Å². The molecule has 0 spiro atoms. The Morgan fingerprint density at radius 2 is 1.59 bits per heavy atom. The topological polar surface area (TPSA) is 181 Å². The normalized spacial score (nSPS) is 16.6. The number of nitrogens with one attached hydrogen (secondary N) is 1. The monoisotopic (exact) mass is 455 g/mol. The molecule has 0 radical (unpaired) electrons. The van der Waals surface area contributed by atoms with Crippen LogP contribution in [0.2, 0.25) is 0 Å². The smallest absolute Gasteiger partial charge is 0.339 e. The maximum Gasteiger partial charge on any atom is 0.339 e. The van der Waals surface area contributed by atoms with E-state index in [1.54, 1.807) is 6.08 Å². The summed E-state index contributed by atoms with van der Waals surface area (Å²) < 4.78 is 24.3. The van der Waals surface area contributed by atoms with Crippen molar-refractivity contribution in [2.45, 2.75) is 57.9 Å². The predicted octanol–water partition coefficient (Wildman–Crippen LogP) is 2.36. The highest BCUT2D eigenvalue weighted by atomic mass is 31.2. The summed E-state index contributed by atoms with van der Waals surface area (Å²) in [6.45, 7) is 5.00. The van der Waals surface area contributed by atoms with Gasteiger partial charge in [-0.3, -0.25) is 18.7 Å². The molecule has 0 aliphatic rings. The number of hydrogen-bond donors (Lipinski definition) is 6. The van der Waals surface area contributed by atoms with Crippen molar-refractivity contribution < 1.29 is 43.6 Å². The summed E-state index contributed by atoms with van der Waals surface area (Å²) in [4.78, 5) is 50.9. The van der Waals surface area contributed by atoms with Crippen LogP contribution in [-0.2, 0) is 18.7 Å². The molecule has 0 aromatic carbocycles. The zero-order valence-corrected chi connectivity index (χ0v) is 18.6. The molecule has 0 amide bonds. The average molecular weight is 455 g/mol. The van der Waals surface area contributed by atoms with Crippen molar-refractivity contribution in [1.82, 2.24) is 5.32 Å². The lowest BCUT2D eigenvalue weighted by Crippen LogP contribution is -2.42. The maximum absolute atomic E-state index is 12.6. The van der Waals surface area contributed by atoms with E-state index < -0.39 is 51.3 Å². The SMILES string of the molecule is CC(C)=CCC/C(C)=C/CCP(=O)(O)C(CN[C@@H](CC(=O)O)C(=O)O)P(=O)(O)O. The summed E-state index contributed by atoms with van der Waals surface area (Å²) in [5.41, 5.74) is 2.15. The van der Waals surface area contributed by atoms with Gasteiger partial charge in [-0.15, -0.1) is 0 Å². The minimum absolute atomic E-state index is 0.127. The number of hydrogen-bond acceptors (Lipinski definition) is 5. The third kappa shape index (κ3) is 12.1. The zero-order valence-electron chi connectivity index (χ0n) is 16.8. The Bertz CT molecular complexity index is 722. The van der Waals surface area contributed by atoms with E-state index in [1.165, 1.54) is 5.57 Å². The number of aliphatic carboxylic acids is 2. The summed E-state index contributed by atoms with van der Waals surface area (Å²) in [7, 11) is -9.42. The van der Waals surface area contributed by atoms with Crippen molar-refractivity contribution in [3.05, 3.63) is 23.3 Å². The van der Waals surface area contributed by atoms with Gasteiger partial charge in [0, 0.05) is 12.7 Å². The minimum Gasteiger partial charge on any atom is -0.481 e. The molecule has 0 aliphatic heterocycles. The lowest BCUT2D eigenvalue weighted by Gasteiger charge is -2.25. The van der Waals surface area contributed by atoms with E-state index in [-0.39, 0.29) is 12.6 Å². The molecule has 0 saturated carbocycles. The van der Waals surface area contributed by atoms with Crippen molar-refractivity contribution in [2.75, 3.05) is 12.7 Å². The first-order valence-corrected chi connectivity index (χ1v) is 12.6. The van der Waals surface area contributed by atoms with Crippen molar-refractivity contribution in [2.24, 2.45) is 0 Å². The van der Waals surface area contributed by atoms with Gasteiger partial charge in [-0.2, -0.15) is 0 Å². The van der Waals surface area contributed by atoms with Gasteiger partial charge in [0.25, 0.3) is 0 Å². The molecule has 2 unspecified atom stereocenters. The molecule has 0 heterocycles. The second-order valence-corrected chi connectivity index (χ2v) is 11.9. The van der Waals surface area contributed by atoms with E-state index >= 15 is 0 Å². The van der Waals surface area contributed by atoms with Gasteiger partial charge in [0.05, 0.1) is 6.42 Å². The Morgan fingerprint density at radius 1 is 1.00 bits per heavy atom. The van der Waals surface area contributed by atoms with E-state index in [9.17, 15) is 33.4 Å². The van der Waals surface area contributed by atoms with Crippen LogP contribution >= 0.6 is 15.0 Å². The standard InChI is InChI=1S/C17H31NO9P2/c1-12(2)6-4-7-13(3)8-5-9-28(23,24)16(29(25,26)27)11-18-14(17(21)22)10-15(19)20/h6,8,14,16,18H,4-5,7,9-11H2,1-3H3,(H,19,20)(H,21,22)(H,23,24)(H2,25,26,27)/b13-8+/t14-,16?/m0/s1. The van der Waals surface area contributed by atoms with Gasteiger partial charge in [0.2, 0.25) is 7.37 Å². The van der Waals surface area contributed by atoms with Crippen molar-refractivity contribution in [3.63, 3.8) is 0 Å². The van der Waals surface area contributed by atoms with Crippen LogP contribution < -0.4 is 5.32 Å². The highest BCUT2D eigenvalue weighted by Gasteiger charge is 2.43. The van der Waals surface area contributed by atoms with E-state index in [0.29, 0.717) is 0 Å². The first-order valence-electron chi connectivity index (χ1n) is 9.00. The third-order valence-electron chi connectivity index (χ3n) is 4.11. The fourth-order valence-corrected chi connectivity index (χ4v) is 6.26. The molecule has 6 N–H and O–H groups in total. The van der Waals surface area contributed by atoms with Gasteiger partial charge < -0.3 is 30.2 Å². The zero-order chi connectivity index (χ0) is 22.8. The average Bonchev–Trinajstić information content (AvgIpc) is 2.51. The molecule has 29 heavy (non-hydrogen) atoms. The summed E-state index contributed by atoms with van der Waals surface area (Å²) in [6, 6.07) is -1.64. The number of allylic oxidation sites excluding steroid dienone is 4. The Morgan fingerprint density at radius 3 is 2.03 bits per heavy atom. The summed E-state index contributed by atoms with van der Waals surface area (Å²) >= 11 is 0. The summed E-state index contributed by atoms with van der Waals surface area (Å²) in [6.07, 6.45) is 4.25. The van der Waals surface area contributed by atoms with Crippen LogP contribution in [0.3, 0.4) is 0 Å². The van der Waals surface area contributed by atoms with Gasteiger partial charge in [-0.05, 0) is 40.0 Å². The summed E-state index contributed by atoms with van der Waals surface area (Å²) in [5, 5.41) is 17.8. The largest absolute Gasteiger partial charge is 0.481 e. The van der Waals surface area contributed by atoms with Crippen LogP contribution in [0.4, 0.5) is 0 Å². The fraction of sp³-hybridized carbons (Fsp3) is 0.647. The van der Waals surface area contributed by atoms with Gasteiger partial charge in [-0.1, -0.05) is 23.3 Å². The maximum atomic E-state index is 12.6. The van der Waals surface area contributed by atoms with Crippen LogP contribution in [0.25, 0.3) is 0 Å². The second-order valence-electron chi connectivity index (χ2n) is 7.11. The lowest BCUT2D eigenvalue weighted by molar-refractivity contribution is -0.145. The molecule has 0 saturated heterocycles. The first kappa shape index (κ1) is 27.7. The van der Waals surface area contributed by atoms with Crippen LogP contribution in [0.15, 0.2) is 23.3 Å². The Labute approximate surface area is 170 Å². The molecule has 10 nitrogen and oxygen atoms in total. The Kier molecular flexibility index (Phi) is 11.9. The molecule has 0 fully saturated rings. The minimum atomic E-state index is -5.06. The summed E-state index contributed by atoms with van der Waals surface area (Å²) in [5.74, 6) is -2.97. The van der Waals surface area contributed by atoms with Crippen molar-refractivity contribution in [3.8, 4) is 0 Å². The highest BCUT2D eigenvalue weighted by molar-refractivity contribution is 7.74. The molecule has 0 bridgehead atoms. The van der Waals surface area contributed by atoms with Crippen LogP contribution in [0.5, 0.6) is 0 Å². The number of rotatable bonds is 14. The van der Waals surface area contributed by atoms with E-state index in [2.05, 4.69) is 11.4 Å². The van der Waals surface area contributed by atoms with Gasteiger partial charge in [-0.25, -0.2) is 0 Å². The molecule has 3 atom stereocenters. The molecular weight excluding hydrogens is 424 g/mol. The Hall–Kier alpha value is -1.28. The second kappa shape index (κ2) is 12.4. The molecule has 0 aromatic rings. The molecule has 0 aromatic heterocycles. The Balaban J connectivity index is 5.09. The van der Waals surface area contributed by atoms with Crippen LogP contribution in [-0.4, -0.2) is 61.0 Å². The first-order chi connectivity index (χ1) is 13.2. The quantitative estimate of drug-likeness (QED) is 0.168. The van der Waals surface area contributed by atoms with Crippen LogP contribution in [0.1, 0.15) is 46.5 Å². The third-order valence-corrected chi connectivity index (χ3v) is 9.07. The van der Waals surface area contributed by atoms with Crippen LogP contribution in [0, 0.1) is 0 Å². The van der Waals surface area contributed by atoms with Gasteiger partial charge >= 0.3 is 19.5 Å². The van der Waals surface area contributed by atoms with Gasteiger partial charge in [0.15, 0.2) is 0 Å². The molecular formula is C17H31NO9P2. The van der Waals surface area contributed by atoms with E-state index in [4.69, 9.17) is 10.2 Å². The number of carbonyl (C=O) groups is 2. The predicted molar refractivity (Wildman–Crippen MR) is 109 cm³/mol. The highest BCUT2D eigenvalue weighted by Crippen LogP contribution is 2.62. The molecule has 0 aliphatic carbocycles. The van der Waals surface area contributed by atoms with Gasteiger partial charge in [0.1, 0.15) is 11.4 Å². The number of carboxylic acids is 2. The number of carboxylic acid groups (broad SMARTS) is 2. The molecule has 0 rings (SSSR count). The van der Waals surface area contributed by atoms with E-state index in [0.717, 1.165) is 18.4 Å². The lowest BCUT2D eigenvalue weighted by atomic mass is 10.1.